The number of hydrogen-bond donors (Lipinski definition) is 0. The Balaban J connectivity index is 3.79. The van der Waals surface area contributed by atoms with Crippen molar-refractivity contribution in [1.29, 1.82) is 5.26 Å². The molecule has 11 heavy (non-hydrogen) atoms. The second-order valence-electron chi connectivity index (χ2n) is 3.03. The highest BCUT2D eigenvalue weighted by molar-refractivity contribution is 5.64. The van der Waals surface area contributed by atoms with Crippen molar-refractivity contribution in [3.63, 3.8) is 0 Å². The molecule has 0 saturated heterocycles. The Kier molecular flexibility index (Phi) is 4.28. The highest BCUT2D eigenvalue weighted by atomic mass is 16.4. The first kappa shape index (κ1) is 9.96. The minimum absolute atomic E-state index is 0.144. The first-order valence-electron chi connectivity index (χ1n) is 3.65. The molecule has 0 aliphatic carbocycles. The summed E-state index contributed by atoms with van der Waals surface area (Å²) in [6.45, 7) is 3.92. The van der Waals surface area contributed by atoms with Crippen LogP contribution in [0.5, 0.6) is 0 Å². The van der Waals surface area contributed by atoms with Gasteiger partial charge in [-0.15, -0.1) is 0 Å². The van der Waals surface area contributed by atoms with Gasteiger partial charge < -0.3 is 9.90 Å². The van der Waals surface area contributed by atoms with Crippen molar-refractivity contribution in [3.05, 3.63) is 0 Å². The predicted octanol–water partition coefficient (Wildman–Crippen LogP) is 0.312. The number of carbonyl (C=O) groups excluding carboxylic acids is 1. The Hall–Kier alpha value is -1.04. The quantitative estimate of drug-likeness (QED) is 0.585. The molecule has 0 aromatic heterocycles. The molecule has 0 amide bonds. The molecule has 0 aromatic rings. The molecule has 0 fully saturated rings. The molecule has 0 aliphatic heterocycles. The summed E-state index contributed by atoms with van der Waals surface area (Å²) in [7, 11) is 0. The summed E-state index contributed by atoms with van der Waals surface area (Å²) in [6.07, 6.45) is 0.485. The van der Waals surface area contributed by atoms with Crippen LogP contribution in [-0.2, 0) is 4.79 Å². The molecular formula is C8H12NO2-. The Morgan fingerprint density at radius 3 is 2.45 bits per heavy atom. The largest absolute Gasteiger partial charge is 0.550 e. The molecule has 0 aromatic carbocycles. The molecule has 3 heteroatoms. The Morgan fingerprint density at radius 1 is 1.64 bits per heavy atom. The van der Waals surface area contributed by atoms with E-state index < -0.39 is 5.97 Å². The van der Waals surface area contributed by atoms with Gasteiger partial charge in [0.1, 0.15) is 0 Å². The van der Waals surface area contributed by atoms with Crippen LogP contribution in [0.3, 0.4) is 0 Å². The molecular weight excluding hydrogens is 142 g/mol. The van der Waals surface area contributed by atoms with E-state index in [-0.39, 0.29) is 12.3 Å². The van der Waals surface area contributed by atoms with E-state index in [2.05, 4.69) is 0 Å². The molecule has 0 heterocycles. The summed E-state index contributed by atoms with van der Waals surface area (Å²) < 4.78 is 0. The van der Waals surface area contributed by atoms with Gasteiger partial charge >= 0.3 is 0 Å². The Morgan fingerprint density at radius 2 is 2.18 bits per heavy atom. The third-order valence-corrected chi connectivity index (χ3v) is 1.35. The predicted molar refractivity (Wildman–Crippen MR) is 38.2 cm³/mol. The topological polar surface area (TPSA) is 63.9 Å². The van der Waals surface area contributed by atoms with Gasteiger partial charge in [-0.1, -0.05) is 13.8 Å². The van der Waals surface area contributed by atoms with Crippen molar-refractivity contribution in [2.45, 2.75) is 26.7 Å². The zero-order valence-electron chi connectivity index (χ0n) is 6.83. The molecule has 0 spiro atoms. The van der Waals surface area contributed by atoms with Gasteiger partial charge in [0.05, 0.1) is 12.0 Å². The van der Waals surface area contributed by atoms with Gasteiger partial charge in [-0.05, 0) is 12.3 Å². The first-order chi connectivity index (χ1) is 5.06. The third-order valence-electron chi connectivity index (χ3n) is 1.35. The Labute approximate surface area is 66.6 Å². The van der Waals surface area contributed by atoms with Crippen molar-refractivity contribution in [1.82, 2.24) is 0 Å². The van der Waals surface area contributed by atoms with Crippen LogP contribution in [0.25, 0.3) is 0 Å². The maximum atomic E-state index is 10.1. The average Bonchev–Trinajstić information content (AvgIpc) is 1.84. The van der Waals surface area contributed by atoms with E-state index in [0.29, 0.717) is 12.3 Å². The molecule has 3 nitrogen and oxygen atoms in total. The molecule has 1 atom stereocenters. The second kappa shape index (κ2) is 4.73. The van der Waals surface area contributed by atoms with Crippen LogP contribution in [0, 0.1) is 23.2 Å². The van der Waals surface area contributed by atoms with E-state index in [9.17, 15) is 9.90 Å². The van der Waals surface area contributed by atoms with Gasteiger partial charge in [0, 0.05) is 12.4 Å². The molecule has 0 aliphatic rings. The number of carboxylic acid groups (broad SMARTS) is 1. The number of aliphatic carboxylic acids is 1. The first-order valence-corrected chi connectivity index (χ1v) is 3.65. The third kappa shape index (κ3) is 5.41. The normalized spacial score (nSPS) is 12.5. The molecule has 62 valence electrons. The lowest BCUT2D eigenvalue weighted by Gasteiger charge is -2.11. The summed E-state index contributed by atoms with van der Waals surface area (Å²) in [5.74, 6) is -1.17. The van der Waals surface area contributed by atoms with Crippen molar-refractivity contribution in [2.24, 2.45) is 11.8 Å². The summed E-state index contributed by atoms with van der Waals surface area (Å²) in [6, 6.07) is 1.94. The minimum atomic E-state index is -1.14. The van der Waals surface area contributed by atoms with E-state index in [0.717, 1.165) is 0 Å². The molecule has 0 radical (unpaired) electrons. The van der Waals surface area contributed by atoms with Crippen LogP contribution in [0.4, 0.5) is 0 Å². The van der Waals surface area contributed by atoms with Gasteiger partial charge in [0.25, 0.3) is 0 Å². The highest BCUT2D eigenvalue weighted by Crippen LogP contribution is 2.13. The van der Waals surface area contributed by atoms with Crippen molar-refractivity contribution >= 4 is 5.97 Å². The van der Waals surface area contributed by atoms with E-state index in [1.54, 1.807) is 0 Å². The molecule has 1 unspecified atom stereocenters. The number of nitrogens with zero attached hydrogens (tertiary/aromatic N) is 1. The fourth-order valence-electron chi connectivity index (χ4n) is 0.952. The lowest BCUT2D eigenvalue weighted by atomic mass is 9.96. The van der Waals surface area contributed by atoms with E-state index in [1.807, 2.05) is 19.9 Å². The number of hydrogen-bond acceptors (Lipinski definition) is 3. The standard InChI is InChI=1S/C8H13NO2/c1-6(2)3-7(5-9)4-8(10)11/h6-7H,3-4H2,1-2H3,(H,10,11)/p-1. The van der Waals surface area contributed by atoms with Crippen LogP contribution in [0.1, 0.15) is 26.7 Å². The molecule has 0 saturated carbocycles. The maximum Gasteiger partial charge on any atom is 0.0659 e. The highest BCUT2D eigenvalue weighted by Gasteiger charge is 2.09. The van der Waals surface area contributed by atoms with Crippen molar-refractivity contribution < 1.29 is 9.90 Å². The number of carbonyl (C=O) groups is 1. The summed E-state index contributed by atoms with van der Waals surface area (Å²) >= 11 is 0. The van der Waals surface area contributed by atoms with Crippen LogP contribution in [0.2, 0.25) is 0 Å². The minimum Gasteiger partial charge on any atom is -0.550 e. The van der Waals surface area contributed by atoms with Crippen LogP contribution in [0.15, 0.2) is 0 Å². The van der Waals surface area contributed by atoms with Crippen LogP contribution >= 0.6 is 0 Å². The van der Waals surface area contributed by atoms with Crippen molar-refractivity contribution in [2.75, 3.05) is 0 Å². The lowest BCUT2D eigenvalue weighted by molar-refractivity contribution is -0.306. The SMILES string of the molecule is CC(C)CC(C#N)CC(=O)[O-]. The van der Waals surface area contributed by atoms with Crippen LogP contribution < -0.4 is 5.11 Å². The van der Waals surface area contributed by atoms with Gasteiger partial charge in [-0.3, -0.25) is 0 Å². The van der Waals surface area contributed by atoms with Crippen molar-refractivity contribution in [3.8, 4) is 6.07 Å². The van der Waals surface area contributed by atoms with Gasteiger partial charge in [-0.25, -0.2) is 0 Å². The van der Waals surface area contributed by atoms with E-state index >= 15 is 0 Å². The van der Waals surface area contributed by atoms with Gasteiger partial charge in [0.15, 0.2) is 0 Å². The Bertz CT molecular complexity index is 169. The average molecular weight is 154 g/mol. The summed E-state index contributed by atoms with van der Waals surface area (Å²) in [5.41, 5.74) is 0. The fourth-order valence-corrected chi connectivity index (χ4v) is 0.952. The zero-order chi connectivity index (χ0) is 8.85. The smallest absolute Gasteiger partial charge is 0.0659 e. The van der Waals surface area contributed by atoms with Gasteiger partial charge in [0.2, 0.25) is 0 Å². The summed E-state index contributed by atoms with van der Waals surface area (Å²) in [5, 5.41) is 18.6. The maximum absolute atomic E-state index is 10.1. The van der Waals surface area contributed by atoms with E-state index in [4.69, 9.17) is 5.26 Å². The molecule has 0 N–H and O–H groups in total. The lowest BCUT2D eigenvalue weighted by Crippen LogP contribution is -2.25. The zero-order valence-corrected chi connectivity index (χ0v) is 6.83. The fraction of sp³-hybridized carbons (Fsp3) is 0.750. The van der Waals surface area contributed by atoms with Crippen LogP contribution in [-0.4, -0.2) is 5.97 Å². The molecule has 0 bridgehead atoms. The van der Waals surface area contributed by atoms with Gasteiger partial charge in [-0.2, -0.15) is 5.26 Å². The molecule has 0 rings (SSSR count). The number of rotatable bonds is 4. The second-order valence-corrected chi connectivity index (χ2v) is 3.03. The number of carboxylic acids is 1. The van der Waals surface area contributed by atoms with E-state index in [1.165, 1.54) is 0 Å². The summed E-state index contributed by atoms with van der Waals surface area (Å²) in [4.78, 5) is 10.1. The number of nitriles is 1. The monoisotopic (exact) mass is 154 g/mol.